The van der Waals surface area contributed by atoms with Crippen molar-refractivity contribution in [3.05, 3.63) is 24.3 Å². The van der Waals surface area contributed by atoms with Gasteiger partial charge >= 0.3 is 0 Å². The fourth-order valence-corrected chi connectivity index (χ4v) is 0.493. The number of hydrogen-bond acceptors (Lipinski definition) is 0. The molecule has 0 heteroatoms. The van der Waals surface area contributed by atoms with Gasteiger partial charge in [-0.15, -0.1) is 0 Å². The first-order chi connectivity index (χ1) is 4.97. The minimum absolute atomic E-state index is 0.549. The Labute approximate surface area is 72.0 Å². The van der Waals surface area contributed by atoms with Gasteiger partial charge in [-0.2, -0.15) is 0 Å². The van der Waals surface area contributed by atoms with Crippen LogP contribution in [-0.2, 0) is 0 Å². The van der Waals surface area contributed by atoms with E-state index in [0.717, 1.165) is 11.1 Å². The van der Waals surface area contributed by atoms with Gasteiger partial charge in [0, 0.05) is 0 Å². The molecule has 0 nitrogen and oxygen atoms in total. The highest BCUT2D eigenvalue weighted by Gasteiger charge is 1.97. The van der Waals surface area contributed by atoms with E-state index in [2.05, 4.69) is 40.9 Å². The molecule has 0 heterocycles. The van der Waals surface area contributed by atoms with Gasteiger partial charge in [0.15, 0.2) is 0 Å². The van der Waals surface area contributed by atoms with Crippen molar-refractivity contribution >= 4 is 0 Å². The summed E-state index contributed by atoms with van der Waals surface area (Å²) in [6, 6.07) is 0. The van der Waals surface area contributed by atoms with Crippen LogP contribution in [-0.4, -0.2) is 0 Å². The normalized spacial score (nSPS) is 8.55. The van der Waals surface area contributed by atoms with Crippen LogP contribution in [0.5, 0.6) is 0 Å². The highest BCUT2D eigenvalue weighted by atomic mass is 14.0. The molecule has 0 fully saturated rings. The van der Waals surface area contributed by atoms with Gasteiger partial charge in [0.25, 0.3) is 0 Å². The van der Waals surface area contributed by atoms with Gasteiger partial charge in [0.1, 0.15) is 0 Å². The molecule has 0 bridgehead atoms. The van der Waals surface area contributed by atoms with Gasteiger partial charge in [-0.05, 0) is 12.8 Å². The third kappa shape index (κ3) is 9.48. The van der Waals surface area contributed by atoms with Gasteiger partial charge in [0.05, 0.1) is 0 Å². The Morgan fingerprint density at radius 1 is 1.18 bits per heavy atom. The van der Waals surface area contributed by atoms with Gasteiger partial charge < -0.3 is 0 Å². The van der Waals surface area contributed by atoms with E-state index in [-0.39, 0.29) is 0 Å². The highest BCUT2D eigenvalue weighted by Crippen LogP contribution is 2.13. The summed E-state index contributed by atoms with van der Waals surface area (Å²) in [4.78, 5) is 0. The fourth-order valence-electron chi connectivity index (χ4n) is 0.493. The first kappa shape index (κ1) is 13.1. The SMILES string of the molecule is C=C(C)C(=C)C(C)C.CCC. The predicted molar refractivity (Wildman–Crippen MR) is 54.8 cm³/mol. The van der Waals surface area contributed by atoms with Crippen molar-refractivity contribution in [2.75, 3.05) is 0 Å². The molecule has 0 spiro atoms. The molecule has 0 rings (SSSR count). The molecule has 0 radical (unpaired) electrons. The second-order valence-electron chi connectivity index (χ2n) is 3.17. The first-order valence-corrected chi connectivity index (χ1v) is 4.31. The Kier molecular flexibility index (Phi) is 9.03. The molecule has 0 aliphatic rings. The van der Waals surface area contributed by atoms with Crippen LogP contribution < -0.4 is 0 Å². The van der Waals surface area contributed by atoms with E-state index < -0.39 is 0 Å². The summed E-state index contributed by atoms with van der Waals surface area (Å²) in [5.74, 6) is 0.549. The summed E-state index contributed by atoms with van der Waals surface area (Å²) in [7, 11) is 0. The topological polar surface area (TPSA) is 0 Å². The first-order valence-electron chi connectivity index (χ1n) is 4.31. The third-order valence-corrected chi connectivity index (χ3v) is 1.25. The molecule has 0 amide bonds. The monoisotopic (exact) mass is 154 g/mol. The van der Waals surface area contributed by atoms with Crippen LogP contribution in [0.15, 0.2) is 24.3 Å². The van der Waals surface area contributed by atoms with Crippen LogP contribution in [0.3, 0.4) is 0 Å². The summed E-state index contributed by atoms with van der Waals surface area (Å²) in [6.45, 7) is 18.1. The van der Waals surface area contributed by atoms with Crippen molar-refractivity contribution in [1.29, 1.82) is 0 Å². The summed E-state index contributed by atoms with van der Waals surface area (Å²) >= 11 is 0. The lowest BCUT2D eigenvalue weighted by molar-refractivity contribution is 0.782. The van der Waals surface area contributed by atoms with E-state index in [1.165, 1.54) is 6.42 Å². The second kappa shape index (κ2) is 7.59. The molecule has 0 aliphatic heterocycles. The maximum absolute atomic E-state index is 3.85. The predicted octanol–water partition coefficient (Wildman–Crippen LogP) is 4.19. The summed E-state index contributed by atoms with van der Waals surface area (Å²) in [5.41, 5.74) is 2.25. The van der Waals surface area contributed by atoms with Gasteiger partial charge in [-0.1, -0.05) is 58.4 Å². The Balaban J connectivity index is 0. The van der Waals surface area contributed by atoms with Crippen LogP contribution >= 0.6 is 0 Å². The van der Waals surface area contributed by atoms with Gasteiger partial charge in [-0.3, -0.25) is 0 Å². The number of allylic oxidation sites excluding steroid dienone is 2. The zero-order valence-electron chi connectivity index (χ0n) is 8.70. The molecule has 0 aromatic rings. The smallest absolute Gasteiger partial charge is 0.0222 e. The lowest BCUT2D eigenvalue weighted by atomic mass is 10.00. The van der Waals surface area contributed by atoms with Gasteiger partial charge in [0.2, 0.25) is 0 Å². The van der Waals surface area contributed by atoms with Crippen LogP contribution in [0.4, 0.5) is 0 Å². The van der Waals surface area contributed by atoms with Crippen molar-refractivity contribution < 1.29 is 0 Å². The average Bonchev–Trinajstić information content (AvgIpc) is 1.87. The Bertz CT molecular complexity index is 118. The molecular weight excluding hydrogens is 132 g/mol. The van der Waals surface area contributed by atoms with Crippen molar-refractivity contribution in [1.82, 2.24) is 0 Å². The molecule has 0 saturated carbocycles. The molecule has 0 N–H and O–H groups in total. The zero-order valence-corrected chi connectivity index (χ0v) is 8.70. The van der Waals surface area contributed by atoms with Crippen LogP contribution in [0.25, 0.3) is 0 Å². The summed E-state index contributed by atoms with van der Waals surface area (Å²) in [6.07, 6.45) is 1.25. The van der Waals surface area contributed by atoms with Gasteiger partial charge in [-0.25, -0.2) is 0 Å². The third-order valence-electron chi connectivity index (χ3n) is 1.25. The van der Waals surface area contributed by atoms with E-state index >= 15 is 0 Å². The van der Waals surface area contributed by atoms with E-state index in [0.29, 0.717) is 5.92 Å². The molecule has 0 aromatic carbocycles. The molecule has 0 aromatic heterocycles. The molecular formula is C11H22. The van der Waals surface area contributed by atoms with Crippen LogP contribution in [0.1, 0.15) is 41.0 Å². The minimum Gasteiger partial charge on any atom is -0.0958 e. The van der Waals surface area contributed by atoms with E-state index in [1.807, 2.05) is 6.92 Å². The molecule has 0 atom stereocenters. The number of rotatable bonds is 2. The quantitative estimate of drug-likeness (QED) is 0.523. The Hall–Kier alpha value is -0.520. The standard InChI is InChI=1S/C8H14.C3H8/c1-6(2)8(5)7(3)4;1-3-2/h7H,1,5H2,2-4H3;3H2,1-2H3. The second-order valence-corrected chi connectivity index (χ2v) is 3.17. The summed E-state index contributed by atoms with van der Waals surface area (Å²) in [5, 5.41) is 0. The van der Waals surface area contributed by atoms with Crippen LogP contribution in [0, 0.1) is 5.92 Å². The summed E-state index contributed by atoms with van der Waals surface area (Å²) < 4.78 is 0. The zero-order chi connectivity index (χ0) is 9.44. The average molecular weight is 154 g/mol. The van der Waals surface area contributed by atoms with Crippen molar-refractivity contribution in [3.8, 4) is 0 Å². The molecule has 0 unspecified atom stereocenters. The Morgan fingerprint density at radius 3 is 1.45 bits per heavy atom. The molecule has 0 aliphatic carbocycles. The number of hydrogen-bond donors (Lipinski definition) is 0. The minimum atomic E-state index is 0.549. The lowest BCUT2D eigenvalue weighted by Crippen LogP contribution is -1.91. The molecule has 0 saturated heterocycles. The van der Waals surface area contributed by atoms with Crippen molar-refractivity contribution in [3.63, 3.8) is 0 Å². The largest absolute Gasteiger partial charge is 0.0958 e. The van der Waals surface area contributed by atoms with E-state index in [9.17, 15) is 0 Å². The molecule has 66 valence electrons. The maximum atomic E-state index is 3.85. The van der Waals surface area contributed by atoms with Crippen molar-refractivity contribution in [2.45, 2.75) is 41.0 Å². The molecule has 11 heavy (non-hydrogen) atoms. The van der Waals surface area contributed by atoms with E-state index in [4.69, 9.17) is 0 Å². The van der Waals surface area contributed by atoms with Crippen molar-refractivity contribution in [2.24, 2.45) is 5.92 Å². The lowest BCUT2D eigenvalue weighted by Gasteiger charge is -2.06. The van der Waals surface area contributed by atoms with E-state index in [1.54, 1.807) is 0 Å². The highest BCUT2D eigenvalue weighted by molar-refractivity contribution is 5.23. The maximum Gasteiger partial charge on any atom is -0.0222 e. The van der Waals surface area contributed by atoms with Crippen LogP contribution in [0.2, 0.25) is 0 Å². The fraction of sp³-hybridized carbons (Fsp3) is 0.636. The Morgan fingerprint density at radius 2 is 1.45 bits per heavy atom.